The maximum atomic E-state index is 5.48. The summed E-state index contributed by atoms with van der Waals surface area (Å²) in [7, 11) is 2.10. The summed E-state index contributed by atoms with van der Waals surface area (Å²) in [5, 5.41) is 0. The van der Waals surface area contributed by atoms with Crippen LogP contribution in [0.25, 0.3) is 0 Å². The summed E-state index contributed by atoms with van der Waals surface area (Å²) in [5.74, 6) is 1.49. The van der Waals surface area contributed by atoms with Crippen LogP contribution >= 0.6 is 0 Å². The van der Waals surface area contributed by atoms with E-state index in [1.54, 1.807) is 0 Å². The largest absolute Gasteiger partial charge is 0.469 e. The Morgan fingerprint density at radius 3 is 2.48 bits per heavy atom. The van der Waals surface area contributed by atoms with Gasteiger partial charge in [0, 0.05) is 0 Å². The summed E-state index contributed by atoms with van der Waals surface area (Å²) in [6, 6.07) is 0. The minimum absolute atomic E-state index is 0.468. The first-order valence-corrected chi connectivity index (χ1v) is 7.55. The SMILES string of the molecule is B/C(C)=C/C=C(C=C)/C(C)=C/C(C)Cc1coc(C)c1C. The van der Waals surface area contributed by atoms with Crippen LogP contribution in [-0.2, 0) is 6.42 Å². The van der Waals surface area contributed by atoms with E-state index in [4.69, 9.17) is 4.42 Å². The van der Waals surface area contributed by atoms with Gasteiger partial charge in [0.2, 0.25) is 0 Å². The van der Waals surface area contributed by atoms with Gasteiger partial charge in [-0.3, -0.25) is 0 Å². The van der Waals surface area contributed by atoms with Crippen LogP contribution < -0.4 is 0 Å². The molecule has 0 aliphatic carbocycles. The molecule has 1 unspecified atom stereocenters. The zero-order chi connectivity index (χ0) is 16.0. The highest BCUT2D eigenvalue weighted by molar-refractivity contribution is 6.21. The molecule has 0 fully saturated rings. The molecule has 0 saturated carbocycles. The number of hydrogen-bond donors (Lipinski definition) is 0. The van der Waals surface area contributed by atoms with Gasteiger partial charge in [0.1, 0.15) is 13.6 Å². The van der Waals surface area contributed by atoms with Crippen LogP contribution in [0.5, 0.6) is 0 Å². The highest BCUT2D eigenvalue weighted by Crippen LogP contribution is 2.21. The van der Waals surface area contributed by atoms with Crippen molar-refractivity contribution in [1.82, 2.24) is 0 Å². The van der Waals surface area contributed by atoms with Gasteiger partial charge in [-0.05, 0) is 55.4 Å². The Morgan fingerprint density at radius 1 is 1.33 bits per heavy atom. The Hall–Kier alpha value is -1.70. The van der Waals surface area contributed by atoms with Crippen LogP contribution in [0, 0.1) is 19.8 Å². The van der Waals surface area contributed by atoms with Crippen LogP contribution in [0.15, 0.2) is 58.2 Å². The van der Waals surface area contributed by atoms with E-state index >= 15 is 0 Å². The zero-order valence-electron chi connectivity index (χ0n) is 14.3. The third-order valence-corrected chi connectivity index (χ3v) is 3.74. The van der Waals surface area contributed by atoms with Gasteiger partial charge in [0.05, 0.1) is 6.26 Å². The van der Waals surface area contributed by atoms with E-state index in [0.717, 1.165) is 12.2 Å². The maximum absolute atomic E-state index is 5.48. The molecule has 0 amide bonds. The molecule has 1 rings (SSSR count). The summed E-state index contributed by atoms with van der Waals surface area (Å²) in [5.41, 5.74) is 6.32. The van der Waals surface area contributed by atoms with Gasteiger partial charge in [-0.1, -0.05) is 44.7 Å². The highest BCUT2D eigenvalue weighted by Gasteiger charge is 2.09. The molecular formula is C19H27BO. The van der Waals surface area contributed by atoms with Crippen molar-refractivity contribution in [3.8, 4) is 0 Å². The fourth-order valence-corrected chi connectivity index (χ4v) is 2.31. The minimum Gasteiger partial charge on any atom is -0.469 e. The van der Waals surface area contributed by atoms with Crippen LogP contribution in [0.1, 0.15) is 37.7 Å². The summed E-state index contributed by atoms with van der Waals surface area (Å²) in [6.45, 7) is 14.6. The molecule has 1 nitrogen and oxygen atoms in total. The molecule has 0 spiro atoms. The predicted octanol–water partition coefficient (Wildman–Crippen LogP) is 4.67. The number of allylic oxidation sites excluding steroid dienone is 7. The molecule has 0 bridgehead atoms. The molecule has 0 radical (unpaired) electrons. The van der Waals surface area contributed by atoms with Crippen LogP contribution in [0.2, 0.25) is 0 Å². The average molecular weight is 282 g/mol. The smallest absolute Gasteiger partial charge is 0.133 e. The topological polar surface area (TPSA) is 13.1 Å². The third kappa shape index (κ3) is 5.30. The van der Waals surface area contributed by atoms with Crippen LogP contribution in [0.3, 0.4) is 0 Å². The molecule has 2 heteroatoms. The van der Waals surface area contributed by atoms with Gasteiger partial charge in [-0.15, -0.1) is 5.47 Å². The molecule has 0 aliphatic rings. The van der Waals surface area contributed by atoms with Gasteiger partial charge in [0.25, 0.3) is 0 Å². The predicted molar refractivity (Wildman–Crippen MR) is 95.4 cm³/mol. The Kier molecular flexibility index (Phi) is 6.55. The van der Waals surface area contributed by atoms with Crippen molar-refractivity contribution in [2.45, 2.75) is 41.0 Å². The third-order valence-electron chi connectivity index (χ3n) is 3.74. The molecule has 1 aromatic rings. The number of aryl methyl sites for hydroxylation is 1. The standard InChI is InChI=1S/C19H27BO/c1-7-18(9-8-15(4)20)14(3)10-13(2)11-19-12-21-17(6)16(19)5/h7-10,12-13H,1,11,20H2,2-6H3/b14-10+,15-8+,18-9+. The van der Waals surface area contributed by atoms with E-state index in [-0.39, 0.29) is 0 Å². The Bertz CT molecular complexity index is 581. The zero-order valence-corrected chi connectivity index (χ0v) is 14.3. The first-order valence-electron chi connectivity index (χ1n) is 7.55. The van der Waals surface area contributed by atoms with Gasteiger partial charge < -0.3 is 4.42 Å². The van der Waals surface area contributed by atoms with E-state index in [1.165, 1.54) is 27.7 Å². The van der Waals surface area contributed by atoms with E-state index in [2.05, 4.69) is 60.3 Å². The van der Waals surface area contributed by atoms with Crippen molar-refractivity contribution in [2.75, 3.05) is 0 Å². The fourth-order valence-electron chi connectivity index (χ4n) is 2.31. The molecule has 21 heavy (non-hydrogen) atoms. The molecule has 0 N–H and O–H groups in total. The molecule has 0 saturated heterocycles. The average Bonchev–Trinajstić information content (AvgIpc) is 2.71. The first-order chi connectivity index (χ1) is 9.85. The number of rotatable bonds is 6. The molecule has 1 aromatic heterocycles. The summed E-state index contributed by atoms with van der Waals surface area (Å²) in [4.78, 5) is 0. The second-order valence-electron chi connectivity index (χ2n) is 6.04. The van der Waals surface area contributed by atoms with E-state index in [0.29, 0.717) is 5.92 Å². The van der Waals surface area contributed by atoms with Crippen molar-refractivity contribution >= 4 is 7.85 Å². The van der Waals surface area contributed by atoms with Crippen LogP contribution in [-0.4, -0.2) is 7.85 Å². The van der Waals surface area contributed by atoms with E-state index < -0.39 is 0 Å². The van der Waals surface area contributed by atoms with Crippen molar-refractivity contribution in [3.63, 3.8) is 0 Å². The lowest BCUT2D eigenvalue weighted by molar-refractivity contribution is 0.528. The molecule has 0 aliphatic heterocycles. The van der Waals surface area contributed by atoms with Crippen molar-refractivity contribution in [3.05, 3.63) is 70.7 Å². The van der Waals surface area contributed by atoms with Crippen molar-refractivity contribution < 1.29 is 4.42 Å². The normalized spacial score (nSPS) is 15.2. The monoisotopic (exact) mass is 282 g/mol. The molecular weight excluding hydrogens is 255 g/mol. The second-order valence-corrected chi connectivity index (χ2v) is 6.04. The fraction of sp³-hybridized carbons (Fsp3) is 0.368. The van der Waals surface area contributed by atoms with E-state index in [1.807, 2.05) is 19.3 Å². The lowest BCUT2D eigenvalue weighted by Crippen LogP contribution is -1.98. The van der Waals surface area contributed by atoms with Gasteiger partial charge in [0.15, 0.2) is 0 Å². The van der Waals surface area contributed by atoms with Gasteiger partial charge in [-0.25, -0.2) is 0 Å². The Labute approximate surface area is 130 Å². The quantitative estimate of drug-likeness (QED) is 0.546. The molecule has 1 atom stereocenters. The highest BCUT2D eigenvalue weighted by atomic mass is 16.3. The lowest BCUT2D eigenvalue weighted by atomic mass is 9.94. The number of furan rings is 1. The number of hydrogen-bond acceptors (Lipinski definition) is 1. The van der Waals surface area contributed by atoms with Crippen molar-refractivity contribution in [1.29, 1.82) is 0 Å². The van der Waals surface area contributed by atoms with Gasteiger partial charge in [-0.2, -0.15) is 0 Å². The Balaban J connectivity index is 2.85. The first kappa shape index (κ1) is 17.4. The van der Waals surface area contributed by atoms with Gasteiger partial charge >= 0.3 is 0 Å². The second kappa shape index (κ2) is 7.92. The van der Waals surface area contributed by atoms with E-state index in [9.17, 15) is 0 Å². The van der Waals surface area contributed by atoms with Crippen molar-refractivity contribution in [2.24, 2.45) is 5.92 Å². The summed E-state index contributed by atoms with van der Waals surface area (Å²) >= 11 is 0. The Morgan fingerprint density at radius 2 is 2.00 bits per heavy atom. The minimum atomic E-state index is 0.468. The molecule has 112 valence electrons. The lowest BCUT2D eigenvalue weighted by Gasteiger charge is -2.09. The summed E-state index contributed by atoms with van der Waals surface area (Å²) < 4.78 is 5.48. The van der Waals surface area contributed by atoms with Crippen LogP contribution in [0.4, 0.5) is 0 Å². The molecule has 0 aromatic carbocycles. The maximum Gasteiger partial charge on any atom is 0.133 e. The summed E-state index contributed by atoms with van der Waals surface area (Å²) in [6.07, 6.45) is 11.4. The molecule has 1 heterocycles.